The van der Waals surface area contributed by atoms with Crippen molar-refractivity contribution < 1.29 is 68.3 Å². The number of hydrogen-bond donors (Lipinski definition) is 0. The Balaban J connectivity index is 0. The summed E-state index contributed by atoms with van der Waals surface area (Å²) in [6.45, 7) is 0. The molecule has 7 heavy (non-hydrogen) atoms. The third-order valence-electron chi connectivity index (χ3n) is 0. The van der Waals surface area contributed by atoms with Gasteiger partial charge in [-0.15, -0.1) is 0 Å². The Kier molecular flexibility index (Phi) is 570. The van der Waals surface area contributed by atoms with Gasteiger partial charge in [0.05, 0.1) is 0 Å². The second-order valence-corrected chi connectivity index (χ2v) is 0. The fourth-order valence-electron chi connectivity index (χ4n) is 0. The van der Waals surface area contributed by atoms with Crippen molar-refractivity contribution in [2.45, 2.75) is 0 Å². The second kappa shape index (κ2) is 53.9. The summed E-state index contributed by atoms with van der Waals surface area (Å²) in [6, 6.07) is 0. The summed E-state index contributed by atoms with van der Waals surface area (Å²) in [6.07, 6.45) is 0. The average molecular weight is 344 g/mol. The maximum atomic E-state index is 0. The van der Waals surface area contributed by atoms with Crippen LogP contribution in [-0.4, -0.2) is 52.1 Å². The van der Waals surface area contributed by atoms with Crippen LogP contribution in [0.25, 0.3) is 0 Å². The quantitative estimate of drug-likeness (QED) is 0.399. The third kappa shape index (κ3) is 42.2. The topological polar surface area (TPSA) is 0 Å². The molecule has 0 aliphatic carbocycles. The Morgan fingerprint density at radius 2 is 0.286 bits per heavy atom. The van der Waals surface area contributed by atoms with Crippen molar-refractivity contribution in [1.29, 1.82) is 0 Å². The Bertz CT molecular complexity index is 6.90. The zero-order valence-electron chi connectivity index (χ0n) is 1.21. The first-order valence-corrected chi connectivity index (χ1v) is 0. The van der Waals surface area contributed by atoms with Crippen LogP contribution in [0.4, 0.5) is 0 Å². The van der Waals surface area contributed by atoms with Crippen LogP contribution in [0.1, 0.15) is 0 Å². The van der Waals surface area contributed by atoms with Gasteiger partial charge in [-0.3, -0.25) is 0 Å². The van der Waals surface area contributed by atoms with Crippen molar-refractivity contribution in [1.82, 2.24) is 0 Å². The first-order chi connectivity index (χ1) is 0. The van der Waals surface area contributed by atoms with E-state index in [9.17, 15) is 0 Å². The summed E-state index contributed by atoms with van der Waals surface area (Å²) in [5, 5.41) is 0. The molecule has 0 saturated carbocycles. The van der Waals surface area contributed by atoms with Gasteiger partial charge < -0.3 is 0 Å². The van der Waals surface area contributed by atoms with Gasteiger partial charge in [0.15, 0.2) is 52.1 Å². The molecule has 0 aliphatic rings. The maximum absolute atomic E-state index is 0. The van der Waals surface area contributed by atoms with Crippen LogP contribution in [0.3, 0.4) is 0 Å². The standard InChI is InChI=1S/3Al.4Cu.9H. The molecule has 0 heterocycles. The summed E-state index contributed by atoms with van der Waals surface area (Å²) in [5.74, 6) is 0. The van der Waals surface area contributed by atoms with Crippen molar-refractivity contribution in [3.63, 3.8) is 0 Å². The van der Waals surface area contributed by atoms with Crippen LogP contribution in [0.2, 0.25) is 0 Å². The molecular weight excluding hydrogens is 335 g/mol. The van der Waals surface area contributed by atoms with E-state index in [0.29, 0.717) is 0 Å². The number of rotatable bonds is 0. The van der Waals surface area contributed by atoms with Gasteiger partial charge in [0.1, 0.15) is 0 Å². The van der Waals surface area contributed by atoms with Crippen molar-refractivity contribution in [2.75, 3.05) is 0 Å². The van der Waals surface area contributed by atoms with Crippen LogP contribution in [0, 0.1) is 0 Å². The minimum atomic E-state index is 0. The Morgan fingerprint density at radius 1 is 0.286 bits per heavy atom. The van der Waals surface area contributed by atoms with Gasteiger partial charge >= 0.3 is 0 Å². The summed E-state index contributed by atoms with van der Waals surface area (Å²) in [5.41, 5.74) is 0. The predicted molar refractivity (Wildman–Crippen MR) is 29.8 cm³/mol. The van der Waals surface area contributed by atoms with Crippen molar-refractivity contribution in [2.24, 2.45) is 0 Å². The van der Waals surface area contributed by atoms with Gasteiger partial charge in [0.25, 0.3) is 0 Å². The predicted octanol–water partition coefficient (Wildman–Crippen LogP) is -3.56. The van der Waals surface area contributed by atoms with E-state index in [1.54, 1.807) is 0 Å². The minimum Gasteiger partial charge on any atom is 0 e. The SMILES string of the molecule is [AlH3].[AlH3].[AlH3].[Cu].[Cu].[Cu].[Cu]. The molecule has 0 nitrogen and oxygen atoms in total. The summed E-state index contributed by atoms with van der Waals surface area (Å²) >= 11 is 0. The molecule has 0 atom stereocenters. The first-order valence-electron chi connectivity index (χ1n) is 0. The van der Waals surface area contributed by atoms with Gasteiger partial charge in [-0.25, -0.2) is 0 Å². The van der Waals surface area contributed by atoms with E-state index in [1.807, 2.05) is 0 Å². The molecule has 0 unspecified atom stereocenters. The van der Waals surface area contributed by atoms with Gasteiger partial charge in [0, 0.05) is 68.3 Å². The molecule has 0 aromatic carbocycles. The summed E-state index contributed by atoms with van der Waals surface area (Å²) < 4.78 is 0. The maximum Gasteiger partial charge on any atom is 0.187 e. The van der Waals surface area contributed by atoms with E-state index in [2.05, 4.69) is 0 Å². The molecule has 0 fully saturated rings. The Labute approximate surface area is 118 Å². The normalized spacial score (nSPS) is 0. The Hall–Kier alpha value is 3.68. The number of hydrogen-bond acceptors (Lipinski definition) is 0. The third-order valence-corrected chi connectivity index (χ3v) is 0. The van der Waals surface area contributed by atoms with Crippen LogP contribution >= 0.6 is 0 Å². The van der Waals surface area contributed by atoms with Crippen molar-refractivity contribution in [3.05, 3.63) is 0 Å². The van der Waals surface area contributed by atoms with Crippen LogP contribution < -0.4 is 0 Å². The molecule has 4 radical (unpaired) electrons. The fourth-order valence-corrected chi connectivity index (χ4v) is 0. The largest absolute Gasteiger partial charge is 0.187 e. The van der Waals surface area contributed by atoms with E-state index in [-0.39, 0.29) is 120 Å². The molecule has 0 N–H and O–H groups in total. The van der Waals surface area contributed by atoms with Gasteiger partial charge in [-0.1, -0.05) is 0 Å². The van der Waals surface area contributed by atoms with Crippen molar-refractivity contribution >= 4 is 52.1 Å². The molecule has 0 aromatic rings. The second-order valence-electron chi connectivity index (χ2n) is 0. The fraction of sp³-hybridized carbons (Fsp3) is 0. The summed E-state index contributed by atoms with van der Waals surface area (Å²) in [7, 11) is 0. The van der Waals surface area contributed by atoms with Crippen molar-refractivity contribution in [3.8, 4) is 0 Å². The average Bonchev–Trinajstić information content (AvgIpc) is 0. The Morgan fingerprint density at radius 3 is 0.286 bits per heavy atom. The van der Waals surface area contributed by atoms with Gasteiger partial charge in [-0.2, -0.15) is 0 Å². The smallest absolute Gasteiger partial charge is 0 e. The van der Waals surface area contributed by atoms with Gasteiger partial charge in [0.2, 0.25) is 0 Å². The van der Waals surface area contributed by atoms with E-state index in [1.165, 1.54) is 0 Å². The van der Waals surface area contributed by atoms with Crippen LogP contribution in [-0.2, 0) is 68.3 Å². The van der Waals surface area contributed by atoms with E-state index >= 15 is 0 Å². The molecular formula is H9Al3Cu4. The molecule has 0 spiro atoms. The molecule has 7 heteroatoms. The zero-order chi connectivity index (χ0) is 0. The first kappa shape index (κ1) is 74.0. The molecule has 0 saturated heterocycles. The molecule has 62 valence electrons. The molecule has 0 bridgehead atoms. The minimum absolute atomic E-state index is 0. The monoisotopic (exact) mass is 342 g/mol. The van der Waals surface area contributed by atoms with Gasteiger partial charge in [-0.05, 0) is 0 Å². The van der Waals surface area contributed by atoms with Crippen LogP contribution in [0.5, 0.6) is 0 Å². The molecule has 0 amide bonds. The van der Waals surface area contributed by atoms with E-state index < -0.39 is 0 Å². The zero-order valence-corrected chi connectivity index (χ0v) is 4.97. The molecule has 0 aromatic heterocycles. The van der Waals surface area contributed by atoms with E-state index in [4.69, 9.17) is 0 Å². The van der Waals surface area contributed by atoms with Crippen LogP contribution in [0.15, 0.2) is 0 Å². The van der Waals surface area contributed by atoms with E-state index in [0.717, 1.165) is 0 Å². The molecule has 0 aliphatic heterocycles. The molecule has 0 rings (SSSR count). The summed E-state index contributed by atoms with van der Waals surface area (Å²) in [4.78, 5) is 0.